The number of hydrogen-bond acceptors (Lipinski definition) is 2. The van der Waals surface area contributed by atoms with Crippen LogP contribution in [0, 0.1) is 0 Å². The number of hydrogen-bond donors (Lipinski definition) is 1. The first-order valence-corrected chi connectivity index (χ1v) is 4.60. The van der Waals surface area contributed by atoms with E-state index in [9.17, 15) is 4.79 Å². The van der Waals surface area contributed by atoms with Gasteiger partial charge in [-0.2, -0.15) is 0 Å². The molecule has 0 radical (unpaired) electrons. The highest BCUT2D eigenvalue weighted by Crippen LogP contribution is 2.06. The summed E-state index contributed by atoms with van der Waals surface area (Å²) in [6, 6.07) is 7.72. The van der Waals surface area contributed by atoms with E-state index in [1.807, 2.05) is 24.3 Å². The molecule has 2 nitrogen and oxygen atoms in total. The van der Waals surface area contributed by atoms with Crippen molar-refractivity contribution in [3.63, 3.8) is 0 Å². The van der Waals surface area contributed by atoms with Crippen LogP contribution in [0.3, 0.4) is 0 Å². The maximum Gasteiger partial charge on any atom is 0.164 e. The van der Waals surface area contributed by atoms with Crippen molar-refractivity contribution >= 4 is 5.78 Å². The third kappa shape index (κ3) is 2.67. The largest absolute Gasteiger partial charge is 0.330 e. The van der Waals surface area contributed by atoms with Gasteiger partial charge in [0.05, 0.1) is 0 Å². The van der Waals surface area contributed by atoms with Gasteiger partial charge in [-0.3, -0.25) is 4.79 Å². The predicted octanol–water partition coefficient (Wildman–Crippen LogP) is 1.78. The van der Waals surface area contributed by atoms with E-state index in [0.29, 0.717) is 13.0 Å². The van der Waals surface area contributed by atoms with Gasteiger partial charge in [0.25, 0.3) is 0 Å². The van der Waals surface area contributed by atoms with E-state index in [1.54, 1.807) is 0 Å². The first-order chi connectivity index (χ1) is 6.27. The molecule has 0 aliphatic heterocycles. The fourth-order valence-electron chi connectivity index (χ4n) is 1.20. The van der Waals surface area contributed by atoms with Crippen molar-refractivity contribution < 1.29 is 4.79 Å². The summed E-state index contributed by atoms with van der Waals surface area (Å²) in [4.78, 5) is 11.4. The number of carbonyl (C=O) groups excluding carboxylic acids is 1. The second-order valence-electron chi connectivity index (χ2n) is 3.01. The summed E-state index contributed by atoms with van der Waals surface area (Å²) >= 11 is 0. The van der Waals surface area contributed by atoms with Crippen molar-refractivity contribution in [2.24, 2.45) is 5.73 Å². The number of benzene rings is 1. The average molecular weight is 177 g/mol. The highest BCUT2D eigenvalue weighted by Gasteiger charge is 2.02. The van der Waals surface area contributed by atoms with E-state index in [4.69, 9.17) is 5.73 Å². The second kappa shape index (κ2) is 4.77. The lowest BCUT2D eigenvalue weighted by Gasteiger charge is -2.00. The maximum atomic E-state index is 11.4. The Morgan fingerprint density at radius 1 is 1.31 bits per heavy atom. The molecule has 0 aromatic heterocycles. The second-order valence-corrected chi connectivity index (χ2v) is 3.01. The Labute approximate surface area is 78.8 Å². The molecule has 0 aliphatic rings. The number of aryl methyl sites for hydroxylation is 1. The number of rotatable bonds is 4. The summed E-state index contributed by atoms with van der Waals surface area (Å²) in [5.41, 5.74) is 7.32. The van der Waals surface area contributed by atoms with Crippen LogP contribution in [0.15, 0.2) is 24.3 Å². The quantitative estimate of drug-likeness (QED) is 0.712. The Kier molecular flexibility index (Phi) is 3.65. The van der Waals surface area contributed by atoms with Gasteiger partial charge in [-0.05, 0) is 18.5 Å². The smallest absolute Gasteiger partial charge is 0.164 e. The van der Waals surface area contributed by atoms with Gasteiger partial charge in [0, 0.05) is 12.0 Å². The molecule has 0 saturated heterocycles. The van der Waals surface area contributed by atoms with Crippen LogP contribution >= 0.6 is 0 Å². The minimum Gasteiger partial charge on any atom is -0.330 e. The minimum absolute atomic E-state index is 0.130. The molecule has 2 N–H and O–H groups in total. The SMILES string of the molecule is CCc1ccc(C(=O)CCN)cc1. The van der Waals surface area contributed by atoms with Crippen LogP contribution in [0.25, 0.3) is 0 Å². The lowest BCUT2D eigenvalue weighted by molar-refractivity contribution is 0.0985. The van der Waals surface area contributed by atoms with Crippen LogP contribution in [0.2, 0.25) is 0 Å². The zero-order valence-electron chi connectivity index (χ0n) is 7.92. The van der Waals surface area contributed by atoms with Gasteiger partial charge in [0.1, 0.15) is 0 Å². The Morgan fingerprint density at radius 2 is 1.92 bits per heavy atom. The molecular weight excluding hydrogens is 162 g/mol. The zero-order valence-corrected chi connectivity index (χ0v) is 7.92. The van der Waals surface area contributed by atoms with Crippen molar-refractivity contribution in [1.29, 1.82) is 0 Å². The summed E-state index contributed by atoms with van der Waals surface area (Å²) in [7, 11) is 0. The summed E-state index contributed by atoms with van der Waals surface area (Å²) in [6.45, 7) is 2.52. The van der Waals surface area contributed by atoms with Gasteiger partial charge in [0.15, 0.2) is 5.78 Å². The Morgan fingerprint density at radius 3 is 2.38 bits per heavy atom. The standard InChI is InChI=1S/C11H15NO/c1-2-9-3-5-10(6-4-9)11(13)7-8-12/h3-6H,2,7-8,12H2,1H3. The van der Waals surface area contributed by atoms with Gasteiger partial charge in [-0.1, -0.05) is 31.2 Å². The topological polar surface area (TPSA) is 43.1 Å². The molecule has 1 aromatic carbocycles. The van der Waals surface area contributed by atoms with E-state index in [-0.39, 0.29) is 5.78 Å². The van der Waals surface area contributed by atoms with Crippen LogP contribution in [-0.4, -0.2) is 12.3 Å². The van der Waals surface area contributed by atoms with E-state index in [1.165, 1.54) is 5.56 Å². The molecule has 0 atom stereocenters. The van der Waals surface area contributed by atoms with Crippen molar-refractivity contribution in [1.82, 2.24) is 0 Å². The summed E-state index contributed by atoms with van der Waals surface area (Å²) in [6.07, 6.45) is 1.44. The van der Waals surface area contributed by atoms with Gasteiger partial charge in [0.2, 0.25) is 0 Å². The fourth-order valence-corrected chi connectivity index (χ4v) is 1.20. The van der Waals surface area contributed by atoms with Crippen molar-refractivity contribution in [2.45, 2.75) is 19.8 Å². The van der Waals surface area contributed by atoms with Crippen LogP contribution < -0.4 is 5.73 Å². The molecule has 0 saturated carbocycles. The monoisotopic (exact) mass is 177 g/mol. The van der Waals surface area contributed by atoms with E-state index < -0.39 is 0 Å². The van der Waals surface area contributed by atoms with E-state index in [0.717, 1.165) is 12.0 Å². The molecule has 13 heavy (non-hydrogen) atoms. The molecule has 2 heteroatoms. The summed E-state index contributed by atoms with van der Waals surface area (Å²) in [5, 5.41) is 0. The first kappa shape index (κ1) is 9.93. The molecule has 0 spiro atoms. The van der Waals surface area contributed by atoms with Crippen LogP contribution in [-0.2, 0) is 6.42 Å². The normalized spacial score (nSPS) is 10.0. The zero-order chi connectivity index (χ0) is 9.68. The predicted molar refractivity (Wildman–Crippen MR) is 53.8 cm³/mol. The maximum absolute atomic E-state index is 11.4. The molecule has 0 unspecified atom stereocenters. The fraction of sp³-hybridized carbons (Fsp3) is 0.364. The minimum atomic E-state index is 0.130. The third-order valence-electron chi connectivity index (χ3n) is 2.06. The van der Waals surface area contributed by atoms with Crippen LogP contribution in [0.1, 0.15) is 29.3 Å². The third-order valence-corrected chi connectivity index (χ3v) is 2.06. The number of Topliss-reactive ketones (excluding diaryl/α,β-unsaturated/α-hetero) is 1. The Bertz CT molecular complexity index is 277. The van der Waals surface area contributed by atoms with Gasteiger partial charge in [-0.15, -0.1) is 0 Å². The van der Waals surface area contributed by atoms with Crippen molar-refractivity contribution in [3.8, 4) is 0 Å². The summed E-state index contributed by atoms with van der Waals surface area (Å²) < 4.78 is 0. The Balaban J connectivity index is 2.74. The molecule has 0 heterocycles. The number of ketones is 1. The average Bonchev–Trinajstić information content (AvgIpc) is 2.18. The molecule has 1 rings (SSSR count). The van der Waals surface area contributed by atoms with Gasteiger partial charge < -0.3 is 5.73 Å². The number of carbonyl (C=O) groups is 1. The van der Waals surface area contributed by atoms with E-state index in [2.05, 4.69) is 6.92 Å². The highest BCUT2D eigenvalue weighted by atomic mass is 16.1. The molecular formula is C11H15NO. The lowest BCUT2D eigenvalue weighted by Crippen LogP contribution is -2.07. The van der Waals surface area contributed by atoms with Crippen LogP contribution in [0.5, 0.6) is 0 Å². The molecule has 1 aromatic rings. The van der Waals surface area contributed by atoms with Crippen LogP contribution in [0.4, 0.5) is 0 Å². The highest BCUT2D eigenvalue weighted by molar-refractivity contribution is 5.96. The molecule has 0 bridgehead atoms. The molecule has 0 amide bonds. The molecule has 70 valence electrons. The molecule has 0 aliphatic carbocycles. The summed E-state index contributed by atoms with van der Waals surface area (Å²) in [5.74, 6) is 0.130. The number of nitrogens with two attached hydrogens (primary N) is 1. The van der Waals surface area contributed by atoms with Gasteiger partial charge >= 0.3 is 0 Å². The lowest BCUT2D eigenvalue weighted by atomic mass is 10.1. The Hall–Kier alpha value is -1.15. The van der Waals surface area contributed by atoms with Crippen molar-refractivity contribution in [3.05, 3.63) is 35.4 Å². The van der Waals surface area contributed by atoms with Crippen molar-refractivity contribution in [2.75, 3.05) is 6.54 Å². The molecule has 0 fully saturated rings. The van der Waals surface area contributed by atoms with Gasteiger partial charge in [-0.25, -0.2) is 0 Å². The first-order valence-electron chi connectivity index (χ1n) is 4.60. The van der Waals surface area contributed by atoms with E-state index >= 15 is 0 Å².